The molecule has 0 atom stereocenters. The van der Waals surface area contributed by atoms with Crippen LogP contribution in [0.5, 0.6) is 0 Å². The molecule has 0 aliphatic heterocycles. The zero-order valence-electron chi connectivity index (χ0n) is 41.5. The lowest BCUT2D eigenvalue weighted by molar-refractivity contribution is 0.103. The Morgan fingerprint density at radius 3 is 1.04 bits per heavy atom. The van der Waals surface area contributed by atoms with E-state index < -0.39 is 5.63 Å². The highest BCUT2D eigenvalue weighted by Crippen LogP contribution is 2.41. The molecule has 0 N–H and O–H groups in total. The minimum Gasteiger partial charge on any atom is -0.422 e. The number of rotatable bonds is 15. The smallest absolute Gasteiger partial charge is 0.346 e. The van der Waals surface area contributed by atoms with Crippen LogP contribution in [0.1, 0.15) is 63.7 Å². The lowest BCUT2D eigenvalue weighted by atomic mass is 10.0. The van der Waals surface area contributed by atoms with Crippen molar-refractivity contribution < 1.29 is 23.6 Å². The van der Waals surface area contributed by atoms with E-state index in [0.29, 0.717) is 77.3 Å². The topological polar surface area (TPSA) is 118 Å². The quantitative estimate of drug-likeness (QED) is 0.0730. The number of anilines is 6. The number of fused-ring (bicyclic) bond motifs is 2. The van der Waals surface area contributed by atoms with Crippen molar-refractivity contribution in [2.45, 2.75) is 0 Å². The van der Waals surface area contributed by atoms with Gasteiger partial charge in [-0.25, -0.2) is 9.78 Å². The number of aromatic nitrogens is 1. The van der Waals surface area contributed by atoms with Gasteiger partial charge in [0.15, 0.2) is 23.1 Å². The zero-order chi connectivity index (χ0) is 53.1. The molecule has 0 saturated carbocycles. The molecule has 0 radical (unpaired) electrons. The first kappa shape index (κ1) is 48.5. The van der Waals surface area contributed by atoms with E-state index in [1.807, 2.05) is 181 Å². The second-order valence-electron chi connectivity index (χ2n) is 18.5. The van der Waals surface area contributed by atoms with E-state index in [-0.39, 0.29) is 23.1 Å². The van der Waals surface area contributed by atoms with Crippen molar-refractivity contribution in [3.8, 4) is 10.6 Å². The molecule has 2 heterocycles. The van der Waals surface area contributed by atoms with Gasteiger partial charge in [0.2, 0.25) is 0 Å². The second kappa shape index (κ2) is 21.1. The Balaban J connectivity index is 0.875. The van der Waals surface area contributed by atoms with E-state index >= 15 is 0 Å². The normalized spacial score (nSPS) is 11.1. The Hall–Kier alpha value is -10.4. The van der Waals surface area contributed by atoms with Crippen molar-refractivity contribution in [2.75, 3.05) is 9.80 Å². The van der Waals surface area contributed by atoms with Crippen molar-refractivity contribution in [1.82, 2.24) is 4.98 Å². The standard InChI is InChI=1S/C68H43N3O6S/c72-63(44-13-5-1-6-14-44)48-21-30-53(31-22-48)70(54-32-23-49(24-33-54)64(73)45-15-7-2-8-16-45)57-38-29-52-41-59(68(76)77-61(52)42-57)67-69-60-40-39-58(43-62(60)78-67)71(55-34-25-50(26-35-55)65(74)46-17-9-3-10-18-46)56-36-27-51(28-37-56)66(75)47-19-11-4-12-20-47/h1-43H. The van der Waals surface area contributed by atoms with Crippen molar-refractivity contribution in [3.63, 3.8) is 0 Å². The van der Waals surface area contributed by atoms with Gasteiger partial charge in [-0.15, -0.1) is 11.3 Å². The van der Waals surface area contributed by atoms with Crippen LogP contribution >= 0.6 is 11.3 Å². The van der Waals surface area contributed by atoms with Gasteiger partial charge in [-0.2, -0.15) is 0 Å². The molecule has 372 valence electrons. The number of hydrogen-bond acceptors (Lipinski definition) is 10. The summed E-state index contributed by atoms with van der Waals surface area (Å²) in [6, 6.07) is 79.4. The van der Waals surface area contributed by atoms with Gasteiger partial charge in [-0.1, -0.05) is 121 Å². The summed E-state index contributed by atoms with van der Waals surface area (Å²) < 4.78 is 6.95. The number of ketones is 4. The van der Waals surface area contributed by atoms with Crippen LogP contribution in [-0.4, -0.2) is 28.1 Å². The van der Waals surface area contributed by atoms with Gasteiger partial charge >= 0.3 is 5.63 Å². The SMILES string of the molecule is O=C(c1ccccc1)c1ccc(N(c2ccc(C(=O)c3ccccc3)cc2)c2ccc3cc(-c4nc5ccc(N(c6ccc(C(=O)c7ccccc7)cc6)c6ccc(C(=O)c7ccccc7)cc6)cc5s4)c(=O)oc3c2)cc1. The summed E-state index contributed by atoms with van der Waals surface area (Å²) in [5.41, 5.74) is 9.79. The fourth-order valence-electron chi connectivity index (χ4n) is 9.52. The molecule has 0 aliphatic rings. The Morgan fingerprint density at radius 2 is 0.667 bits per heavy atom. The van der Waals surface area contributed by atoms with Gasteiger partial charge in [0.25, 0.3) is 0 Å². The maximum absolute atomic E-state index is 14.1. The van der Waals surface area contributed by atoms with E-state index in [1.54, 1.807) is 84.9 Å². The van der Waals surface area contributed by atoms with Crippen LogP contribution in [0.25, 0.3) is 31.8 Å². The maximum Gasteiger partial charge on any atom is 0.346 e. The highest BCUT2D eigenvalue weighted by molar-refractivity contribution is 7.21. The van der Waals surface area contributed by atoms with Gasteiger partial charge in [0, 0.05) is 90.1 Å². The molecule has 12 aromatic rings. The number of nitrogens with zero attached hydrogens (tertiary/aromatic N) is 3. The molecule has 0 fully saturated rings. The summed E-state index contributed by atoms with van der Waals surface area (Å²) in [5.74, 6) is -0.373. The fraction of sp³-hybridized carbons (Fsp3) is 0. The second-order valence-corrected chi connectivity index (χ2v) is 19.5. The molecule has 10 heteroatoms. The first-order chi connectivity index (χ1) is 38.2. The molecule has 10 aromatic carbocycles. The van der Waals surface area contributed by atoms with Gasteiger partial charge in [-0.3, -0.25) is 19.2 Å². The molecule has 0 unspecified atom stereocenters. The molecule has 2 aromatic heterocycles. The Labute approximate surface area is 452 Å². The van der Waals surface area contributed by atoms with Crippen molar-refractivity contribution >= 4 is 89.8 Å². The average Bonchev–Trinajstić information content (AvgIpc) is 4.01. The molecule has 0 bridgehead atoms. The molecular formula is C68H43N3O6S. The van der Waals surface area contributed by atoms with E-state index in [9.17, 15) is 24.0 Å². The van der Waals surface area contributed by atoms with E-state index in [0.717, 1.165) is 33.1 Å². The number of thiazole rings is 1. The van der Waals surface area contributed by atoms with E-state index in [2.05, 4.69) is 4.90 Å². The van der Waals surface area contributed by atoms with Gasteiger partial charge < -0.3 is 14.2 Å². The first-order valence-electron chi connectivity index (χ1n) is 25.1. The Bertz CT molecular complexity index is 4070. The first-order valence-corrected chi connectivity index (χ1v) is 25.9. The summed E-state index contributed by atoms with van der Waals surface area (Å²) in [7, 11) is 0. The molecule has 0 amide bonds. The molecule has 0 aliphatic carbocycles. The summed E-state index contributed by atoms with van der Waals surface area (Å²) in [5, 5.41) is 1.16. The number of benzene rings is 10. The summed E-state index contributed by atoms with van der Waals surface area (Å²) in [6.07, 6.45) is 0. The Morgan fingerprint density at radius 1 is 0.346 bits per heavy atom. The lowest BCUT2D eigenvalue weighted by Crippen LogP contribution is -2.11. The Kier molecular flexibility index (Phi) is 13.1. The van der Waals surface area contributed by atoms with Crippen LogP contribution in [0.15, 0.2) is 270 Å². The zero-order valence-corrected chi connectivity index (χ0v) is 42.3. The minimum atomic E-state index is -0.560. The molecule has 0 saturated heterocycles. The van der Waals surface area contributed by atoms with Crippen LogP contribution in [0.3, 0.4) is 0 Å². The third-order valence-electron chi connectivity index (χ3n) is 13.5. The average molecular weight is 1030 g/mol. The van der Waals surface area contributed by atoms with Gasteiger partial charge in [0.1, 0.15) is 10.6 Å². The van der Waals surface area contributed by atoms with Crippen molar-refractivity contribution in [3.05, 3.63) is 316 Å². The van der Waals surface area contributed by atoms with Crippen LogP contribution < -0.4 is 15.4 Å². The van der Waals surface area contributed by atoms with Gasteiger partial charge in [0.05, 0.1) is 15.8 Å². The predicted molar refractivity (Wildman–Crippen MR) is 310 cm³/mol. The third kappa shape index (κ3) is 9.74. The lowest BCUT2D eigenvalue weighted by Gasteiger charge is -2.26. The summed E-state index contributed by atoms with van der Waals surface area (Å²) >= 11 is 1.37. The van der Waals surface area contributed by atoms with Crippen LogP contribution in [-0.2, 0) is 0 Å². The summed E-state index contributed by atoms with van der Waals surface area (Å²) in [4.78, 5) is 76.7. The van der Waals surface area contributed by atoms with E-state index in [4.69, 9.17) is 9.40 Å². The van der Waals surface area contributed by atoms with Crippen LogP contribution in [0.2, 0.25) is 0 Å². The third-order valence-corrected chi connectivity index (χ3v) is 14.6. The number of carbonyl (C=O) groups is 4. The highest BCUT2D eigenvalue weighted by Gasteiger charge is 2.22. The molecule has 0 spiro atoms. The fourth-order valence-corrected chi connectivity index (χ4v) is 10.5. The van der Waals surface area contributed by atoms with Crippen molar-refractivity contribution in [1.29, 1.82) is 0 Å². The predicted octanol–water partition coefficient (Wildman–Crippen LogP) is 15.9. The molecule has 9 nitrogen and oxygen atoms in total. The van der Waals surface area contributed by atoms with Gasteiger partial charge in [-0.05, 0) is 133 Å². The van der Waals surface area contributed by atoms with Crippen LogP contribution in [0.4, 0.5) is 34.1 Å². The van der Waals surface area contributed by atoms with Crippen LogP contribution in [0, 0.1) is 0 Å². The van der Waals surface area contributed by atoms with Crippen molar-refractivity contribution in [2.24, 2.45) is 0 Å². The highest BCUT2D eigenvalue weighted by atomic mass is 32.1. The molecular weight excluding hydrogens is 987 g/mol. The number of carbonyl (C=O) groups excluding carboxylic acids is 4. The molecule has 12 rings (SSSR count). The summed E-state index contributed by atoms with van der Waals surface area (Å²) in [6.45, 7) is 0. The molecule has 78 heavy (non-hydrogen) atoms. The van der Waals surface area contributed by atoms with E-state index in [1.165, 1.54) is 11.3 Å². The monoisotopic (exact) mass is 1030 g/mol. The maximum atomic E-state index is 14.1. The largest absolute Gasteiger partial charge is 0.422 e. The minimum absolute atomic E-state index is 0.0860. The number of hydrogen-bond donors (Lipinski definition) is 0.